The van der Waals surface area contributed by atoms with E-state index in [1.54, 1.807) is 4.90 Å². The van der Waals surface area contributed by atoms with Crippen molar-refractivity contribution in [1.29, 1.82) is 0 Å². The van der Waals surface area contributed by atoms with Gasteiger partial charge in [-0.25, -0.2) is 4.90 Å². The van der Waals surface area contributed by atoms with Crippen LogP contribution >= 0.6 is 0 Å². The Bertz CT molecular complexity index is 4500. The fraction of sp³-hybridized carbons (Fsp3) is 0. The average Bonchev–Trinajstić information content (AvgIpc) is 2.21. The molecule has 5 aliphatic rings. The molecule has 382 valence electrons. The highest BCUT2D eigenvalue weighted by Gasteiger charge is 2.44. The van der Waals surface area contributed by atoms with E-state index in [0.29, 0.717) is 35.4 Å². The maximum atomic E-state index is 5.13. The summed E-state index contributed by atoms with van der Waals surface area (Å²) >= 11 is 0. The third-order valence-corrected chi connectivity index (χ3v) is 15.9. The number of benzene rings is 11. The number of nitrogens with zero attached hydrogens (tertiary/aromatic N) is 9. The Kier molecular flexibility index (Phi) is 11.1. The average molecular weight is 1050 g/mol. The minimum absolute atomic E-state index is 0.0812. The zero-order valence-corrected chi connectivity index (χ0v) is 44.2. The summed E-state index contributed by atoms with van der Waals surface area (Å²) in [5.74, 6) is 2.75. The molecule has 0 aromatic heterocycles. The van der Waals surface area contributed by atoms with Crippen molar-refractivity contribution in [2.75, 3.05) is 9.80 Å². The molecule has 0 bridgehead atoms. The fourth-order valence-electron chi connectivity index (χ4n) is 12.0. The highest BCUT2D eigenvalue weighted by Crippen LogP contribution is 2.46. The molecule has 11 aromatic rings. The Balaban J connectivity index is 0.851. The van der Waals surface area contributed by atoms with E-state index in [0.717, 1.165) is 73.1 Å². The quantitative estimate of drug-likeness (QED) is 0.135. The van der Waals surface area contributed by atoms with Crippen molar-refractivity contribution < 1.29 is 0 Å². The van der Waals surface area contributed by atoms with Gasteiger partial charge in [0.05, 0.1) is 0 Å². The van der Waals surface area contributed by atoms with Gasteiger partial charge < -0.3 is 9.80 Å². The molecule has 16 rings (SSSR count). The Morgan fingerprint density at radius 1 is 0.220 bits per heavy atom. The van der Waals surface area contributed by atoms with Crippen molar-refractivity contribution in [3.63, 3.8) is 0 Å². The van der Waals surface area contributed by atoms with E-state index in [9.17, 15) is 0 Å². The number of rotatable bonds is 9. The zero-order valence-electron chi connectivity index (χ0n) is 44.2. The number of amidine groups is 3. The fourth-order valence-corrected chi connectivity index (χ4v) is 12.0. The van der Waals surface area contributed by atoms with Crippen LogP contribution in [-0.2, 0) is 0 Å². The summed E-state index contributed by atoms with van der Waals surface area (Å²) in [5.41, 5.74) is 22.1. The molecular weight excluding hydrogens is 1000 g/mol. The van der Waals surface area contributed by atoms with Crippen LogP contribution in [0, 0.1) is 0 Å². The summed E-state index contributed by atoms with van der Waals surface area (Å²) in [5, 5.41) is 0. The van der Waals surface area contributed by atoms with E-state index < -0.39 is 0 Å². The van der Waals surface area contributed by atoms with Crippen LogP contribution in [0.3, 0.4) is 0 Å². The Hall–Kier alpha value is -11.1. The third-order valence-electron chi connectivity index (χ3n) is 15.9. The third kappa shape index (κ3) is 8.03. The topological polar surface area (TPSA) is 83.9 Å². The molecule has 0 fully saturated rings. The molecule has 0 radical (unpaired) electrons. The van der Waals surface area contributed by atoms with Crippen molar-refractivity contribution in [2.45, 2.75) is 0 Å². The van der Waals surface area contributed by atoms with Gasteiger partial charge in [0.25, 0.3) is 6.71 Å². The highest BCUT2D eigenvalue weighted by atomic mass is 15.5. The first-order valence-corrected chi connectivity index (χ1v) is 27.5. The first kappa shape index (κ1) is 47.0. The normalized spacial score (nSPS) is 14.4. The zero-order chi connectivity index (χ0) is 54.1. The Morgan fingerprint density at radius 3 is 0.976 bits per heavy atom. The molecule has 5 aliphatic heterocycles. The number of guanidine groups is 3. The van der Waals surface area contributed by atoms with Crippen molar-refractivity contribution in [3.05, 3.63) is 296 Å². The highest BCUT2D eigenvalue weighted by molar-refractivity contribution is 7.00. The molecule has 0 unspecified atom stereocenters. The molecular formula is C72H46BN9. The minimum Gasteiger partial charge on any atom is -0.311 e. The van der Waals surface area contributed by atoms with Crippen LogP contribution in [0.25, 0.3) is 44.5 Å². The van der Waals surface area contributed by atoms with Crippen molar-refractivity contribution in [3.8, 4) is 44.5 Å². The Labute approximate surface area is 475 Å². The molecule has 5 heterocycles. The predicted octanol–water partition coefficient (Wildman–Crippen LogP) is 14.5. The van der Waals surface area contributed by atoms with E-state index in [4.69, 9.17) is 30.0 Å². The van der Waals surface area contributed by atoms with Crippen LogP contribution in [0.15, 0.2) is 309 Å². The Morgan fingerprint density at radius 2 is 0.537 bits per heavy atom. The summed E-state index contributed by atoms with van der Waals surface area (Å²) in [7, 11) is 0. The van der Waals surface area contributed by atoms with Crippen LogP contribution in [0.4, 0.5) is 34.1 Å². The number of anilines is 6. The molecule has 0 saturated carbocycles. The van der Waals surface area contributed by atoms with E-state index in [-0.39, 0.29) is 6.71 Å². The van der Waals surface area contributed by atoms with Crippen LogP contribution in [0.1, 0.15) is 16.7 Å². The van der Waals surface area contributed by atoms with Gasteiger partial charge in [0.2, 0.25) is 17.9 Å². The molecule has 0 aliphatic carbocycles. The number of aliphatic imine (C=N–C) groups is 6. The van der Waals surface area contributed by atoms with E-state index in [1.807, 2.05) is 60.7 Å². The van der Waals surface area contributed by atoms with Gasteiger partial charge in [-0.05, 0) is 115 Å². The summed E-state index contributed by atoms with van der Waals surface area (Å²) in [6.45, 7) is -0.0812. The number of hydrogen-bond acceptors (Lipinski definition) is 9. The molecule has 10 heteroatoms. The van der Waals surface area contributed by atoms with Gasteiger partial charge in [-0.1, -0.05) is 224 Å². The molecule has 0 atom stereocenters. The molecule has 11 aromatic carbocycles. The van der Waals surface area contributed by atoms with Gasteiger partial charge in [0.15, 0.2) is 17.5 Å². The second-order valence-electron chi connectivity index (χ2n) is 20.7. The predicted molar refractivity (Wildman–Crippen MR) is 339 cm³/mol. The number of hydrogen-bond donors (Lipinski definition) is 0. The molecule has 82 heavy (non-hydrogen) atoms. The molecule has 0 saturated heterocycles. The lowest BCUT2D eigenvalue weighted by Gasteiger charge is -2.44. The lowest BCUT2D eigenvalue weighted by atomic mass is 9.33. The largest absolute Gasteiger partial charge is 0.311 e. The van der Waals surface area contributed by atoms with Gasteiger partial charge in [-0.15, -0.1) is 0 Å². The maximum Gasteiger partial charge on any atom is 0.252 e. The summed E-state index contributed by atoms with van der Waals surface area (Å²) in [6.07, 6.45) is 0. The van der Waals surface area contributed by atoms with Crippen LogP contribution < -0.4 is 26.2 Å². The molecule has 0 spiro atoms. The molecule has 0 N–H and O–H groups in total. The standard InChI is InChI=1S/C72H46BN9/c1-6-18-47(19-7-1)50-32-38-58(39-33-50)80-62-30-17-31-63-66(62)73(60-42-36-55(45-64(60)80)49-22-10-3-11-23-49)61-43-37-56(46-65(61)81(63)59-40-34-51(35-41-59)48-20-8-2-9-21-48)54-28-16-29-57(44-54)69-78-71-76-67(52-24-12-4-13-25-52)74-70-75-68(53-26-14-5-15-27-53)77-72(79-69)82(70)71/h1-46H. The first-order chi connectivity index (χ1) is 40.6. The van der Waals surface area contributed by atoms with Gasteiger partial charge in [-0.3, -0.25) is 0 Å². The second-order valence-corrected chi connectivity index (χ2v) is 20.7. The SMILES string of the molecule is c1ccc(C2=NC3=NC(c4ccccc4)=NC4=NC(c5cccc(-c6ccc7c(c6)N(c6ccc(-c8ccccc8)cc6)c6cccc8c6B7c6ccc(-c7ccccc7)cc6N8c6ccc(-c7ccccc7)cc6)c5)=NC(=N2)N34)cc1. The lowest BCUT2D eigenvalue weighted by Crippen LogP contribution is -2.61. The van der Waals surface area contributed by atoms with Crippen LogP contribution in [0.5, 0.6) is 0 Å². The second kappa shape index (κ2) is 19.4. The van der Waals surface area contributed by atoms with Crippen LogP contribution in [0.2, 0.25) is 0 Å². The van der Waals surface area contributed by atoms with Crippen LogP contribution in [-0.4, -0.2) is 47.0 Å². The summed E-state index contributed by atoms with van der Waals surface area (Å²) in [6, 6.07) is 99.1. The van der Waals surface area contributed by atoms with E-state index in [2.05, 4.69) is 228 Å². The first-order valence-electron chi connectivity index (χ1n) is 27.5. The number of fused-ring (bicyclic) bond motifs is 4. The lowest BCUT2D eigenvalue weighted by molar-refractivity contribution is 0.828. The van der Waals surface area contributed by atoms with Gasteiger partial charge in [0.1, 0.15) is 0 Å². The van der Waals surface area contributed by atoms with Gasteiger partial charge >= 0.3 is 0 Å². The maximum absolute atomic E-state index is 5.13. The van der Waals surface area contributed by atoms with Crippen molar-refractivity contribution >= 4 is 92.6 Å². The van der Waals surface area contributed by atoms with Gasteiger partial charge in [0, 0.05) is 50.8 Å². The van der Waals surface area contributed by atoms with E-state index >= 15 is 0 Å². The molecule has 9 nitrogen and oxygen atoms in total. The summed E-state index contributed by atoms with van der Waals surface area (Å²) < 4.78 is 0. The smallest absolute Gasteiger partial charge is 0.252 e. The molecule has 0 amide bonds. The van der Waals surface area contributed by atoms with Crippen molar-refractivity contribution in [2.24, 2.45) is 30.0 Å². The van der Waals surface area contributed by atoms with E-state index in [1.165, 1.54) is 38.6 Å². The van der Waals surface area contributed by atoms with Crippen molar-refractivity contribution in [1.82, 2.24) is 4.90 Å². The monoisotopic (exact) mass is 1050 g/mol. The van der Waals surface area contributed by atoms with Gasteiger partial charge in [-0.2, -0.15) is 30.0 Å². The minimum atomic E-state index is -0.0812. The summed E-state index contributed by atoms with van der Waals surface area (Å²) in [4.78, 5) is 36.8.